The molecule has 2 aromatic rings. The molecule has 2 aromatic carbocycles. The summed E-state index contributed by atoms with van der Waals surface area (Å²) in [6.07, 6.45) is 0.551. The first-order valence-electron chi connectivity index (χ1n) is 9.89. The maximum Gasteiger partial charge on any atom is 0.257 e. The molecule has 0 radical (unpaired) electrons. The summed E-state index contributed by atoms with van der Waals surface area (Å²) < 4.78 is 5.09. The predicted molar refractivity (Wildman–Crippen MR) is 122 cm³/mol. The van der Waals surface area contributed by atoms with Gasteiger partial charge in [-0.25, -0.2) is 0 Å². The molecule has 2 amide bonds. The SMILES string of the molecule is CCC(=O)N1CCN(c2ccc(NC(=S)NC(=O)c3ccc(OC)cc3)cc2)CC1. The van der Waals surface area contributed by atoms with E-state index in [1.54, 1.807) is 31.4 Å². The second-order valence-electron chi connectivity index (χ2n) is 6.91. The van der Waals surface area contributed by atoms with E-state index in [1.165, 1.54) is 0 Å². The summed E-state index contributed by atoms with van der Waals surface area (Å²) in [5.41, 5.74) is 2.38. The van der Waals surface area contributed by atoms with Gasteiger partial charge in [0.2, 0.25) is 5.91 Å². The molecule has 158 valence electrons. The van der Waals surface area contributed by atoms with E-state index in [9.17, 15) is 9.59 Å². The van der Waals surface area contributed by atoms with Gasteiger partial charge in [-0.2, -0.15) is 0 Å². The van der Waals surface area contributed by atoms with Gasteiger partial charge in [0.25, 0.3) is 5.91 Å². The molecule has 1 aliphatic heterocycles. The minimum atomic E-state index is -0.286. The number of hydrogen-bond acceptors (Lipinski definition) is 5. The van der Waals surface area contributed by atoms with Crippen LogP contribution in [0.15, 0.2) is 48.5 Å². The number of carbonyl (C=O) groups is 2. The van der Waals surface area contributed by atoms with Crippen LogP contribution in [0, 0.1) is 0 Å². The highest BCUT2D eigenvalue weighted by Gasteiger charge is 2.20. The van der Waals surface area contributed by atoms with Crippen molar-refractivity contribution < 1.29 is 14.3 Å². The minimum Gasteiger partial charge on any atom is -0.497 e. The first-order chi connectivity index (χ1) is 14.5. The van der Waals surface area contributed by atoms with Crippen molar-refractivity contribution in [3.8, 4) is 5.75 Å². The molecule has 1 aliphatic rings. The summed E-state index contributed by atoms with van der Waals surface area (Å²) >= 11 is 5.25. The normalized spacial score (nSPS) is 13.5. The lowest BCUT2D eigenvalue weighted by molar-refractivity contribution is -0.131. The Balaban J connectivity index is 1.50. The zero-order chi connectivity index (χ0) is 21.5. The number of benzene rings is 2. The lowest BCUT2D eigenvalue weighted by atomic mass is 10.2. The number of anilines is 2. The molecule has 1 heterocycles. The van der Waals surface area contributed by atoms with E-state index in [2.05, 4.69) is 15.5 Å². The van der Waals surface area contributed by atoms with Crippen molar-refractivity contribution in [1.82, 2.24) is 10.2 Å². The highest BCUT2D eigenvalue weighted by molar-refractivity contribution is 7.80. The molecule has 1 saturated heterocycles. The number of piperazine rings is 1. The fourth-order valence-electron chi connectivity index (χ4n) is 3.27. The van der Waals surface area contributed by atoms with E-state index in [0.29, 0.717) is 17.7 Å². The minimum absolute atomic E-state index is 0.208. The highest BCUT2D eigenvalue weighted by atomic mass is 32.1. The Morgan fingerprint density at radius 1 is 1.00 bits per heavy atom. The second kappa shape index (κ2) is 10.1. The lowest BCUT2D eigenvalue weighted by Gasteiger charge is -2.36. The maximum absolute atomic E-state index is 12.3. The van der Waals surface area contributed by atoms with Gasteiger partial charge in [0.05, 0.1) is 7.11 Å². The van der Waals surface area contributed by atoms with Crippen molar-refractivity contribution in [3.63, 3.8) is 0 Å². The molecule has 7 nitrogen and oxygen atoms in total. The molecular weight excluding hydrogens is 400 g/mol. The summed E-state index contributed by atoms with van der Waals surface area (Å²) in [4.78, 5) is 28.3. The van der Waals surface area contributed by atoms with Crippen LogP contribution in [0.5, 0.6) is 5.75 Å². The van der Waals surface area contributed by atoms with Gasteiger partial charge in [0, 0.05) is 49.5 Å². The van der Waals surface area contributed by atoms with E-state index in [-0.39, 0.29) is 16.9 Å². The Morgan fingerprint density at radius 3 is 2.20 bits per heavy atom. The van der Waals surface area contributed by atoms with Crippen LogP contribution in [0.4, 0.5) is 11.4 Å². The van der Waals surface area contributed by atoms with Gasteiger partial charge in [0.1, 0.15) is 5.75 Å². The van der Waals surface area contributed by atoms with E-state index >= 15 is 0 Å². The average Bonchev–Trinajstić information content (AvgIpc) is 2.79. The largest absolute Gasteiger partial charge is 0.497 e. The number of ether oxygens (including phenoxy) is 1. The van der Waals surface area contributed by atoms with Crippen LogP contribution in [0.2, 0.25) is 0 Å². The number of rotatable bonds is 5. The average molecular weight is 427 g/mol. The number of thiocarbonyl (C=S) groups is 1. The Morgan fingerprint density at radius 2 is 1.63 bits per heavy atom. The van der Waals surface area contributed by atoms with Crippen LogP contribution in [-0.2, 0) is 4.79 Å². The fraction of sp³-hybridized carbons (Fsp3) is 0.318. The Kier molecular flexibility index (Phi) is 7.24. The van der Waals surface area contributed by atoms with Gasteiger partial charge in [0.15, 0.2) is 5.11 Å². The molecule has 1 fully saturated rings. The smallest absolute Gasteiger partial charge is 0.257 e. The van der Waals surface area contributed by atoms with Crippen molar-refractivity contribution in [2.45, 2.75) is 13.3 Å². The second-order valence-corrected chi connectivity index (χ2v) is 7.31. The highest BCUT2D eigenvalue weighted by Crippen LogP contribution is 2.20. The fourth-order valence-corrected chi connectivity index (χ4v) is 3.48. The van der Waals surface area contributed by atoms with Gasteiger partial charge in [-0.3, -0.25) is 14.9 Å². The van der Waals surface area contributed by atoms with Crippen LogP contribution in [-0.4, -0.2) is 55.1 Å². The maximum atomic E-state index is 12.3. The van der Waals surface area contributed by atoms with Crippen LogP contribution in [0.1, 0.15) is 23.7 Å². The van der Waals surface area contributed by atoms with E-state index in [1.807, 2.05) is 36.1 Å². The zero-order valence-corrected chi connectivity index (χ0v) is 18.0. The molecule has 0 unspecified atom stereocenters. The molecule has 3 rings (SSSR count). The van der Waals surface area contributed by atoms with Crippen LogP contribution >= 0.6 is 12.2 Å². The third kappa shape index (κ3) is 5.48. The molecular formula is C22H26N4O3S. The Hall–Kier alpha value is -3.13. The number of amides is 2. The third-order valence-corrected chi connectivity index (χ3v) is 5.21. The number of nitrogens with one attached hydrogen (secondary N) is 2. The zero-order valence-electron chi connectivity index (χ0n) is 17.2. The van der Waals surface area contributed by atoms with Gasteiger partial charge >= 0.3 is 0 Å². The van der Waals surface area contributed by atoms with Crippen LogP contribution in [0.3, 0.4) is 0 Å². The molecule has 0 bridgehead atoms. The molecule has 0 aliphatic carbocycles. The van der Waals surface area contributed by atoms with E-state index in [0.717, 1.165) is 37.6 Å². The summed E-state index contributed by atoms with van der Waals surface area (Å²) in [7, 11) is 1.58. The Labute approximate surface area is 182 Å². The first-order valence-corrected chi connectivity index (χ1v) is 10.3. The van der Waals surface area contributed by atoms with Crippen molar-refractivity contribution in [2.75, 3.05) is 43.5 Å². The quantitative estimate of drug-likeness (QED) is 0.717. The Bertz CT molecular complexity index is 892. The van der Waals surface area contributed by atoms with Gasteiger partial charge in [-0.1, -0.05) is 6.92 Å². The summed E-state index contributed by atoms with van der Waals surface area (Å²) in [6, 6.07) is 14.7. The first kappa shape index (κ1) is 21.6. The van der Waals surface area contributed by atoms with Crippen molar-refractivity contribution in [2.24, 2.45) is 0 Å². The molecule has 0 saturated carbocycles. The van der Waals surface area contributed by atoms with Gasteiger partial charge in [-0.05, 0) is 60.7 Å². The van der Waals surface area contributed by atoms with Crippen LogP contribution < -0.4 is 20.3 Å². The number of nitrogens with zero attached hydrogens (tertiary/aromatic N) is 2. The van der Waals surface area contributed by atoms with E-state index in [4.69, 9.17) is 17.0 Å². The standard InChI is InChI=1S/C22H26N4O3S/c1-3-20(27)26-14-12-25(13-15-26)18-8-6-17(7-9-18)23-22(30)24-21(28)16-4-10-19(29-2)11-5-16/h4-11H,3,12-15H2,1-2H3,(H2,23,24,28,30). The summed E-state index contributed by atoms with van der Waals surface area (Å²) in [5, 5.41) is 5.93. The summed E-state index contributed by atoms with van der Waals surface area (Å²) in [5.74, 6) is 0.608. The number of carbonyl (C=O) groups excluding carboxylic acids is 2. The van der Waals surface area contributed by atoms with Crippen molar-refractivity contribution in [3.05, 3.63) is 54.1 Å². The lowest BCUT2D eigenvalue weighted by Crippen LogP contribution is -2.48. The molecule has 30 heavy (non-hydrogen) atoms. The number of methoxy groups -OCH3 is 1. The van der Waals surface area contributed by atoms with E-state index < -0.39 is 0 Å². The van der Waals surface area contributed by atoms with Gasteiger partial charge in [-0.15, -0.1) is 0 Å². The molecule has 8 heteroatoms. The van der Waals surface area contributed by atoms with Crippen LogP contribution in [0.25, 0.3) is 0 Å². The topological polar surface area (TPSA) is 73.9 Å². The monoisotopic (exact) mass is 426 g/mol. The molecule has 0 spiro atoms. The molecule has 2 N–H and O–H groups in total. The summed E-state index contributed by atoms with van der Waals surface area (Å²) in [6.45, 7) is 5.01. The third-order valence-electron chi connectivity index (χ3n) is 5.00. The molecule has 0 aromatic heterocycles. The molecule has 0 atom stereocenters. The van der Waals surface area contributed by atoms with Crippen molar-refractivity contribution in [1.29, 1.82) is 0 Å². The van der Waals surface area contributed by atoms with Gasteiger partial charge < -0.3 is 19.9 Å². The predicted octanol–water partition coefficient (Wildman–Crippen LogP) is 2.88. The van der Waals surface area contributed by atoms with Crippen molar-refractivity contribution >= 4 is 40.5 Å². The number of hydrogen-bond donors (Lipinski definition) is 2.